The van der Waals surface area contributed by atoms with Gasteiger partial charge in [-0.05, 0) is 43.2 Å². The number of hydrogen-bond donors (Lipinski definition) is 0. The fourth-order valence-corrected chi connectivity index (χ4v) is 5.11. The van der Waals surface area contributed by atoms with Gasteiger partial charge in [-0.2, -0.15) is 9.29 Å². The Kier molecular flexibility index (Phi) is 6.99. The van der Waals surface area contributed by atoms with E-state index >= 15 is 0 Å². The van der Waals surface area contributed by atoms with Crippen molar-refractivity contribution in [1.82, 2.24) is 19.4 Å². The number of aromatic nitrogens is 3. The summed E-state index contributed by atoms with van der Waals surface area (Å²) in [5.41, 5.74) is 0.660. The Labute approximate surface area is 191 Å². The Bertz CT molecular complexity index is 1200. The van der Waals surface area contributed by atoms with Crippen LogP contribution in [0.3, 0.4) is 0 Å². The zero-order valence-corrected chi connectivity index (χ0v) is 19.0. The van der Waals surface area contributed by atoms with E-state index in [1.165, 1.54) is 29.6 Å². The van der Waals surface area contributed by atoms with Gasteiger partial charge in [0.2, 0.25) is 15.8 Å². The van der Waals surface area contributed by atoms with E-state index in [1.54, 1.807) is 24.5 Å². The second-order valence-corrected chi connectivity index (χ2v) is 9.45. The van der Waals surface area contributed by atoms with E-state index in [1.807, 2.05) is 0 Å². The number of sulfonamides is 1. The number of rotatable bonds is 7. The number of hydrogen-bond acceptors (Lipinski definition) is 9. The van der Waals surface area contributed by atoms with Gasteiger partial charge in [-0.1, -0.05) is 18.0 Å². The zero-order valence-electron chi connectivity index (χ0n) is 18.1. The van der Waals surface area contributed by atoms with E-state index < -0.39 is 16.0 Å². The molecule has 1 saturated heterocycles. The lowest BCUT2D eigenvalue weighted by molar-refractivity contribution is 0.0426. The summed E-state index contributed by atoms with van der Waals surface area (Å²) in [6.07, 6.45) is 6.85. The highest BCUT2D eigenvalue weighted by atomic mass is 32.2. The van der Waals surface area contributed by atoms with Crippen molar-refractivity contribution in [3.05, 3.63) is 54.2 Å². The second kappa shape index (κ2) is 10.1. The van der Waals surface area contributed by atoms with E-state index in [-0.39, 0.29) is 28.7 Å². The number of benzene rings is 1. The topological polar surface area (TPSA) is 125 Å². The average molecular weight is 473 g/mol. The van der Waals surface area contributed by atoms with Crippen LogP contribution in [-0.4, -0.2) is 54.0 Å². The van der Waals surface area contributed by atoms with Gasteiger partial charge in [-0.25, -0.2) is 13.2 Å². The molecule has 0 bridgehead atoms. The largest absolute Gasteiger partial charge is 0.496 e. The molecule has 0 aliphatic carbocycles. The van der Waals surface area contributed by atoms with E-state index in [2.05, 4.69) is 15.1 Å². The molecule has 0 radical (unpaired) electrons. The van der Waals surface area contributed by atoms with Crippen molar-refractivity contribution in [1.29, 1.82) is 0 Å². The predicted molar refractivity (Wildman–Crippen MR) is 117 cm³/mol. The van der Waals surface area contributed by atoms with Crippen LogP contribution in [0.4, 0.5) is 0 Å². The fraction of sp³-hybridized carbons (Fsp3) is 0.364. The summed E-state index contributed by atoms with van der Waals surface area (Å²) >= 11 is 0. The number of methoxy groups -OCH3 is 1. The molecule has 1 aromatic carbocycles. The van der Waals surface area contributed by atoms with Crippen LogP contribution >= 0.6 is 0 Å². The first-order chi connectivity index (χ1) is 16.0. The number of pyridine rings is 1. The molecule has 1 aliphatic heterocycles. The smallest absolute Gasteiger partial charge is 0.342 e. The molecule has 174 valence electrons. The van der Waals surface area contributed by atoms with Crippen LogP contribution in [0.15, 0.2) is 52.1 Å². The fourth-order valence-electron chi connectivity index (χ4n) is 3.57. The molecular formula is C22H24N4O6S. The minimum Gasteiger partial charge on any atom is -0.496 e. The summed E-state index contributed by atoms with van der Waals surface area (Å²) in [6, 6.07) is 7.69. The van der Waals surface area contributed by atoms with Crippen LogP contribution in [0.2, 0.25) is 0 Å². The summed E-state index contributed by atoms with van der Waals surface area (Å²) in [5.74, 6) is -0.149. The summed E-state index contributed by atoms with van der Waals surface area (Å²) in [5, 5.41) is 3.85. The Morgan fingerprint density at radius 3 is 2.64 bits per heavy atom. The number of nitrogens with zero attached hydrogens (tertiary/aromatic N) is 4. The van der Waals surface area contributed by atoms with Crippen LogP contribution in [0.25, 0.3) is 11.4 Å². The zero-order chi connectivity index (χ0) is 23.3. The predicted octanol–water partition coefficient (Wildman–Crippen LogP) is 3.06. The Hall–Kier alpha value is -3.31. The average Bonchev–Trinajstić information content (AvgIpc) is 3.14. The molecule has 11 heteroatoms. The van der Waals surface area contributed by atoms with Crippen molar-refractivity contribution in [3.63, 3.8) is 0 Å². The third-order valence-electron chi connectivity index (χ3n) is 5.31. The van der Waals surface area contributed by atoms with Crippen LogP contribution in [-0.2, 0) is 21.4 Å². The Morgan fingerprint density at radius 2 is 1.94 bits per heavy atom. The quantitative estimate of drug-likeness (QED) is 0.477. The van der Waals surface area contributed by atoms with Crippen molar-refractivity contribution in [2.75, 3.05) is 20.2 Å². The molecule has 0 saturated carbocycles. The maximum absolute atomic E-state index is 13.1. The monoisotopic (exact) mass is 472 g/mol. The van der Waals surface area contributed by atoms with Crippen molar-refractivity contribution in [2.45, 2.75) is 37.2 Å². The maximum Gasteiger partial charge on any atom is 0.342 e. The molecule has 0 unspecified atom stereocenters. The highest BCUT2D eigenvalue weighted by Gasteiger charge is 2.27. The molecule has 1 fully saturated rings. The summed E-state index contributed by atoms with van der Waals surface area (Å²) < 4.78 is 43.4. The third-order valence-corrected chi connectivity index (χ3v) is 7.20. The van der Waals surface area contributed by atoms with Crippen molar-refractivity contribution in [3.8, 4) is 17.1 Å². The second-order valence-electron chi connectivity index (χ2n) is 7.51. The molecule has 2 aromatic heterocycles. The van der Waals surface area contributed by atoms with E-state index in [0.29, 0.717) is 24.5 Å². The number of ether oxygens (including phenoxy) is 2. The lowest BCUT2D eigenvalue weighted by atomic mass is 10.2. The molecule has 0 amide bonds. The highest BCUT2D eigenvalue weighted by Crippen LogP contribution is 2.27. The molecule has 3 aromatic rings. The lowest BCUT2D eigenvalue weighted by Gasteiger charge is -2.20. The van der Waals surface area contributed by atoms with Crippen LogP contribution in [0.1, 0.15) is 41.9 Å². The number of carbonyl (C=O) groups excluding carboxylic acids is 1. The van der Waals surface area contributed by atoms with Gasteiger partial charge >= 0.3 is 5.97 Å². The van der Waals surface area contributed by atoms with Gasteiger partial charge in [-0.3, -0.25) is 4.98 Å². The van der Waals surface area contributed by atoms with Crippen molar-refractivity contribution >= 4 is 16.0 Å². The molecule has 4 rings (SSSR count). The van der Waals surface area contributed by atoms with Gasteiger partial charge in [0.25, 0.3) is 5.89 Å². The maximum atomic E-state index is 13.1. The lowest BCUT2D eigenvalue weighted by Crippen LogP contribution is -2.32. The standard InChI is InChI=1S/C22H24N4O6S/c1-30-19-9-8-17(33(28,29)26-11-4-2-3-5-12-26)13-18(19)22(27)31-15-20-24-21(25-32-20)16-7-6-10-23-14-16/h6-10,13-14H,2-5,11-12,15H2,1H3. The summed E-state index contributed by atoms with van der Waals surface area (Å²) in [7, 11) is -2.34. The highest BCUT2D eigenvalue weighted by molar-refractivity contribution is 7.89. The Morgan fingerprint density at radius 1 is 1.15 bits per heavy atom. The first kappa shape index (κ1) is 22.9. The summed E-state index contributed by atoms with van der Waals surface area (Å²) in [4.78, 5) is 21.0. The van der Waals surface area contributed by atoms with Crippen LogP contribution < -0.4 is 4.74 Å². The SMILES string of the molecule is COc1ccc(S(=O)(=O)N2CCCCCC2)cc1C(=O)OCc1nc(-c2cccnc2)no1. The molecule has 0 atom stereocenters. The molecule has 1 aliphatic rings. The van der Waals surface area contributed by atoms with Crippen LogP contribution in [0, 0.1) is 0 Å². The van der Waals surface area contributed by atoms with Gasteiger partial charge in [0, 0.05) is 31.0 Å². The number of carbonyl (C=O) groups is 1. The molecule has 0 spiro atoms. The molecule has 10 nitrogen and oxygen atoms in total. The first-order valence-electron chi connectivity index (χ1n) is 10.6. The molecular weight excluding hydrogens is 448 g/mol. The normalized spacial score (nSPS) is 15.1. The molecule has 33 heavy (non-hydrogen) atoms. The third kappa shape index (κ3) is 5.20. The van der Waals surface area contributed by atoms with Gasteiger partial charge in [0.05, 0.1) is 12.0 Å². The van der Waals surface area contributed by atoms with Gasteiger partial charge in [-0.15, -0.1) is 0 Å². The van der Waals surface area contributed by atoms with E-state index in [0.717, 1.165) is 25.7 Å². The van der Waals surface area contributed by atoms with Gasteiger partial charge in [0.15, 0.2) is 6.61 Å². The first-order valence-corrected chi connectivity index (χ1v) is 12.0. The Balaban J connectivity index is 1.51. The van der Waals surface area contributed by atoms with Crippen molar-refractivity contribution in [2.24, 2.45) is 0 Å². The number of esters is 1. The van der Waals surface area contributed by atoms with E-state index in [9.17, 15) is 13.2 Å². The summed E-state index contributed by atoms with van der Waals surface area (Å²) in [6.45, 7) is 0.646. The molecule has 3 heterocycles. The minimum atomic E-state index is -3.74. The van der Waals surface area contributed by atoms with Crippen LogP contribution in [0.5, 0.6) is 5.75 Å². The minimum absolute atomic E-state index is 0.000366. The molecule has 0 N–H and O–H groups in total. The van der Waals surface area contributed by atoms with Gasteiger partial charge < -0.3 is 14.0 Å². The van der Waals surface area contributed by atoms with Crippen molar-refractivity contribution < 1.29 is 27.2 Å². The van der Waals surface area contributed by atoms with Gasteiger partial charge in [0.1, 0.15) is 11.3 Å². The van der Waals surface area contributed by atoms with E-state index in [4.69, 9.17) is 14.0 Å².